The molecular weight excluding hydrogens is 364 g/mol. The van der Waals surface area contributed by atoms with Gasteiger partial charge in [-0.1, -0.05) is 0 Å². The summed E-state index contributed by atoms with van der Waals surface area (Å²) in [5.74, 6) is 4.27. The van der Waals surface area contributed by atoms with Crippen LogP contribution in [0.25, 0.3) is 5.69 Å². The minimum absolute atomic E-state index is 0.106. The third kappa shape index (κ3) is 2.91. The molecule has 0 aliphatic carbocycles. The molecule has 3 aromatic rings. The van der Waals surface area contributed by atoms with Crippen molar-refractivity contribution in [3.05, 3.63) is 48.8 Å². The molecule has 0 bridgehead atoms. The number of benzene rings is 1. The van der Waals surface area contributed by atoms with Crippen LogP contribution in [0, 0.1) is 0 Å². The van der Waals surface area contributed by atoms with Gasteiger partial charge in [-0.3, -0.25) is 0 Å². The molecule has 8 heteroatoms. The van der Waals surface area contributed by atoms with Crippen molar-refractivity contribution < 1.29 is 0 Å². The standard InChI is InChI=1S/C18H20N6S2/c1-7-18(25-11-2-12-26-18)16-21-17(22-24(16)9-1)20-14-3-5-15(6-4-14)23-10-8-19-13-23/h3-6,8,10,13H,1-2,7,9,11-12H2,(H,20,22). The molecule has 0 saturated carbocycles. The van der Waals surface area contributed by atoms with Crippen LogP contribution in [0.15, 0.2) is 43.0 Å². The van der Waals surface area contributed by atoms with E-state index in [1.165, 1.54) is 30.8 Å². The number of rotatable bonds is 3. The SMILES string of the molecule is c1cn(-c2ccc(Nc3nc4n(n3)CCCC43SCCCS3)cc2)cn1. The summed E-state index contributed by atoms with van der Waals surface area (Å²) in [6.45, 7) is 0.965. The van der Waals surface area contributed by atoms with E-state index >= 15 is 0 Å². The molecule has 5 rings (SSSR count). The minimum atomic E-state index is 0.106. The van der Waals surface area contributed by atoms with Gasteiger partial charge in [0.05, 0.1) is 6.33 Å². The smallest absolute Gasteiger partial charge is 0.246 e. The average molecular weight is 385 g/mol. The molecule has 2 aliphatic rings. The normalized spacial score (nSPS) is 18.6. The summed E-state index contributed by atoms with van der Waals surface area (Å²) in [6.07, 6.45) is 9.18. The van der Waals surface area contributed by atoms with Crippen molar-refractivity contribution in [2.45, 2.75) is 29.9 Å². The average Bonchev–Trinajstić information content (AvgIpc) is 3.34. The topological polar surface area (TPSA) is 60.6 Å². The largest absolute Gasteiger partial charge is 0.323 e. The van der Waals surface area contributed by atoms with Crippen molar-refractivity contribution in [3.63, 3.8) is 0 Å². The highest BCUT2D eigenvalue weighted by atomic mass is 32.2. The van der Waals surface area contributed by atoms with E-state index in [0.29, 0.717) is 5.95 Å². The molecule has 2 aromatic heterocycles. The van der Waals surface area contributed by atoms with Crippen LogP contribution in [0.1, 0.15) is 25.1 Å². The van der Waals surface area contributed by atoms with Crippen LogP contribution >= 0.6 is 23.5 Å². The zero-order valence-corrected chi connectivity index (χ0v) is 16.0. The summed E-state index contributed by atoms with van der Waals surface area (Å²) in [4.78, 5) is 8.97. The number of aryl methyl sites for hydroxylation is 1. The van der Waals surface area contributed by atoms with Gasteiger partial charge in [-0.05, 0) is 55.0 Å². The van der Waals surface area contributed by atoms with Gasteiger partial charge < -0.3 is 9.88 Å². The van der Waals surface area contributed by atoms with E-state index in [-0.39, 0.29) is 4.08 Å². The molecule has 1 fully saturated rings. The number of nitrogens with zero attached hydrogens (tertiary/aromatic N) is 5. The van der Waals surface area contributed by atoms with Crippen molar-refractivity contribution in [3.8, 4) is 5.69 Å². The highest BCUT2D eigenvalue weighted by Gasteiger charge is 2.42. The monoisotopic (exact) mass is 384 g/mol. The number of hydrogen-bond acceptors (Lipinski definition) is 6. The van der Waals surface area contributed by atoms with Crippen LogP contribution in [0.4, 0.5) is 11.6 Å². The predicted molar refractivity (Wildman–Crippen MR) is 107 cm³/mol. The Bertz CT molecular complexity index is 881. The van der Waals surface area contributed by atoms with Crippen LogP contribution in [0.3, 0.4) is 0 Å². The first-order chi connectivity index (χ1) is 12.8. The van der Waals surface area contributed by atoms with Crippen molar-refractivity contribution in [1.82, 2.24) is 24.3 Å². The zero-order valence-electron chi connectivity index (χ0n) is 14.3. The summed E-state index contributed by atoms with van der Waals surface area (Å²) in [6, 6.07) is 8.23. The van der Waals surface area contributed by atoms with Gasteiger partial charge in [0.2, 0.25) is 5.95 Å². The van der Waals surface area contributed by atoms with E-state index < -0.39 is 0 Å². The maximum atomic E-state index is 4.88. The summed E-state index contributed by atoms with van der Waals surface area (Å²) in [5, 5.41) is 8.09. The number of thioether (sulfide) groups is 2. The van der Waals surface area contributed by atoms with E-state index in [2.05, 4.69) is 62.8 Å². The second-order valence-corrected chi connectivity index (χ2v) is 9.58. The third-order valence-corrected chi connectivity index (χ3v) is 8.17. The van der Waals surface area contributed by atoms with Gasteiger partial charge in [-0.25, -0.2) is 9.67 Å². The van der Waals surface area contributed by atoms with Crippen LogP contribution in [0.2, 0.25) is 0 Å². The van der Waals surface area contributed by atoms with Crippen molar-refractivity contribution in [1.29, 1.82) is 0 Å². The van der Waals surface area contributed by atoms with Crippen LogP contribution in [-0.4, -0.2) is 35.8 Å². The Hall–Kier alpha value is -1.93. The lowest BCUT2D eigenvalue weighted by atomic mass is 10.1. The molecule has 134 valence electrons. The number of imidazole rings is 1. The fourth-order valence-electron chi connectivity index (χ4n) is 3.51. The Morgan fingerprint density at radius 1 is 1.08 bits per heavy atom. The van der Waals surface area contributed by atoms with Gasteiger partial charge in [0.25, 0.3) is 0 Å². The summed E-state index contributed by atoms with van der Waals surface area (Å²) < 4.78 is 4.20. The quantitative estimate of drug-likeness (QED) is 0.736. The fraction of sp³-hybridized carbons (Fsp3) is 0.389. The molecule has 0 unspecified atom stereocenters. The van der Waals surface area contributed by atoms with Gasteiger partial charge in [0.15, 0.2) is 5.82 Å². The van der Waals surface area contributed by atoms with E-state index in [1.54, 1.807) is 12.5 Å². The first-order valence-electron chi connectivity index (χ1n) is 8.91. The van der Waals surface area contributed by atoms with Gasteiger partial charge in [0.1, 0.15) is 4.08 Å². The van der Waals surface area contributed by atoms with E-state index in [1.807, 2.05) is 10.8 Å². The van der Waals surface area contributed by atoms with Gasteiger partial charge >= 0.3 is 0 Å². The summed E-state index contributed by atoms with van der Waals surface area (Å²) in [7, 11) is 0. The molecule has 1 saturated heterocycles. The lowest BCUT2D eigenvalue weighted by molar-refractivity contribution is 0.455. The van der Waals surface area contributed by atoms with Gasteiger partial charge in [-0.15, -0.1) is 28.6 Å². The Morgan fingerprint density at radius 3 is 2.69 bits per heavy atom. The van der Waals surface area contributed by atoms with Crippen molar-refractivity contribution in [2.75, 3.05) is 16.8 Å². The predicted octanol–water partition coefficient (Wildman–Crippen LogP) is 4.02. The Morgan fingerprint density at radius 2 is 1.92 bits per heavy atom. The summed E-state index contributed by atoms with van der Waals surface area (Å²) >= 11 is 4.10. The van der Waals surface area contributed by atoms with Crippen LogP contribution < -0.4 is 5.32 Å². The van der Waals surface area contributed by atoms with Gasteiger partial charge in [0, 0.05) is 30.3 Å². The Labute approximate surface area is 160 Å². The van der Waals surface area contributed by atoms with Crippen molar-refractivity contribution >= 4 is 35.2 Å². The molecule has 4 heterocycles. The van der Waals surface area contributed by atoms with E-state index in [4.69, 9.17) is 10.1 Å². The molecule has 26 heavy (non-hydrogen) atoms. The number of nitrogens with one attached hydrogen (secondary N) is 1. The highest BCUT2D eigenvalue weighted by molar-refractivity contribution is 8.18. The first kappa shape index (κ1) is 16.3. The number of aromatic nitrogens is 5. The van der Waals surface area contributed by atoms with Crippen LogP contribution in [-0.2, 0) is 10.6 Å². The lowest BCUT2D eigenvalue weighted by Gasteiger charge is -2.37. The maximum absolute atomic E-state index is 4.88. The zero-order chi connectivity index (χ0) is 17.4. The number of anilines is 2. The molecule has 1 N–H and O–H groups in total. The first-order valence-corrected chi connectivity index (χ1v) is 10.9. The van der Waals surface area contributed by atoms with E-state index in [9.17, 15) is 0 Å². The Balaban J connectivity index is 1.38. The Kier molecular flexibility index (Phi) is 4.17. The van der Waals surface area contributed by atoms with E-state index in [0.717, 1.165) is 23.7 Å². The maximum Gasteiger partial charge on any atom is 0.246 e. The summed E-state index contributed by atoms with van der Waals surface area (Å²) in [5.41, 5.74) is 2.08. The van der Waals surface area contributed by atoms with Crippen molar-refractivity contribution in [2.24, 2.45) is 0 Å². The molecule has 1 aromatic carbocycles. The lowest BCUT2D eigenvalue weighted by Crippen LogP contribution is -2.31. The fourth-order valence-corrected chi connectivity index (χ4v) is 6.90. The molecule has 0 amide bonds. The molecule has 1 spiro atoms. The molecular formula is C18H20N6S2. The molecule has 2 aliphatic heterocycles. The number of fused-ring (bicyclic) bond motifs is 2. The molecule has 6 nitrogen and oxygen atoms in total. The third-order valence-electron chi connectivity index (χ3n) is 4.77. The minimum Gasteiger partial charge on any atom is -0.323 e. The second-order valence-electron chi connectivity index (χ2n) is 6.53. The molecule has 0 atom stereocenters. The molecule has 0 radical (unpaired) electrons. The van der Waals surface area contributed by atoms with Gasteiger partial charge in [-0.2, -0.15) is 4.98 Å². The number of hydrogen-bond donors (Lipinski definition) is 1. The second kappa shape index (κ2) is 6.66. The van der Waals surface area contributed by atoms with Crippen LogP contribution in [0.5, 0.6) is 0 Å². The highest BCUT2D eigenvalue weighted by Crippen LogP contribution is 2.54.